The van der Waals surface area contributed by atoms with Crippen molar-refractivity contribution in [3.8, 4) is 0 Å². The second-order valence-electron chi connectivity index (χ2n) is 16.3. The van der Waals surface area contributed by atoms with Gasteiger partial charge in [-0.3, -0.25) is 0 Å². The molecule has 36 heavy (non-hydrogen) atoms. The standard InChI is InChI=1S/C30H56O3Si3/c1-28-20-22(21-31-34(4,5)6)27(32-35(7,8)9)19-23(28)13-14-24-25(28)15-17-29(2)26(24)16-18-30(29,3)33-36(10,11)12/h19,21,23-26H,13-18,20H2,1-12H3/b22-21+. The Balaban J connectivity index is 1.65. The first-order valence-corrected chi connectivity index (χ1v) is 25.0. The predicted molar refractivity (Wildman–Crippen MR) is 160 cm³/mol. The first-order valence-electron chi connectivity index (χ1n) is 14.7. The second kappa shape index (κ2) is 9.12. The van der Waals surface area contributed by atoms with Gasteiger partial charge in [-0.25, -0.2) is 0 Å². The van der Waals surface area contributed by atoms with E-state index in [2.05, 4.69) is 92.0 Å². The van der Waals surface area contributed by atoms with Crippen molar-refractivity contribution in [1.29, 1.82) is 0 Å². The molecule has 3 nitrogen and oxygen atoms in total. The summed E-state index contributed by atoms with van der Waals surface area (Å²) in [6.07, 6.45) is 13.7. The summed E-state index contributed by atoms with van der Waals surface area (Å²) >= 11 is 0. The third-order valence-electron chi connectivity index (χ3n) is 10.2. The third kappa shape index (κ3) is 5.40. The zero-order chi connectivity index (χ0) is 26.9. The van der Waals surface area contributed by atoms with E-state index in [1.165, 1.54) is 44.1 Å². The number of hydrogen-bond acceptors (Lipinski definition) is 3. The highest BCUT2D eigenvalue weighted by molar-refractivity contribution is 6.70. The van der Waals surface area contributed by atoms with Gasteiger partial charge < -0.3 is 13.3 Å². The summed E-state index contributed by atoms with van der Waals surface area (Å²) in [6.45, 7) is 28.5. The molecule has 0 aliphatic heterocycles. The van der Waals surface area contributed by atoms with Crippen molar-refractivity contribution in [2.45, 2.75) is 130 Å². The fourth-order valence-corrected chi connectivity index (χ4v) is 11.7. The van der Waals surface area contributed by atoms with Crippen LogP contribution in [-0.4, -0.2) is 30.6 Å². The maximum absolute atomic E-state index is 7.01. The Bertz CT molecular complexity index is 908. The molecule has 0 bridgehead atoms. The summed E-state index contributed by atoms with van der Waals surface area (Å²) in [5, 5.41) is 0. The second-order valence-corrected chi connectivity index (χ2v) is 29.6. The van der Waals surface area contributed by atoms with Gasteiger partial charge in [-0.05, 0) is 151 Å². The fraction of sp³-hybridized carbons (Fsp3) is 0.867. The molecule has 206 valence electrons. The van der Waals surface area contributed by atoms with Crippen LogP contribution in [0.25, 0.3) is 0 Å². The normalized spacial score (nSPS) is 42.3. The maximum Gasteiger partial charge on any atom is 0.242 e. The Labute approximate surface area is 226 Å². The number of hydrogen-bond donors (Lipinski definition) is 0. The van der Waals surface area contributed by atoms with Crippen molar-refractivity contribution >= 4 is 25.0 Å². The molecule has 0 heterocycles. The zero-order valence-corrected chi connectivity index (χ0v) is 28.6. The van der Waals surface area contributed by atoms with Gasteiger partial charge in [-0.2, -0.15) is 0 Å². The molecule has 3 saturated carbocycles. The SMILES string of the molecule is CC12C/C(=C\O[Si](C)(C)C)C(O[Si](C)(C)C)=CC1CCC1C2CCC2(C)C1CCC2(C)O[Si](C)(C)C. The van der Waals surface area contributed by atoms with E-state index in [1.54, 1.807) is 0 Å². The molecule has 0 spiro atoms. The van der Waals surface area contributed by atoms with Crippen LogP contribution < -0.4 is 0 Å². The van der Waals surface area contributed by atoms with Crippen LogP contribution >= 0.6 is 0 Å². The van der Waals surface area contributed by atoms with Crippen molar-refractivity contribution in [3.63, 3.8) is 0 Å². The Morgan fingerprint density at radius 3 is 2.00 bits per heavy atom. The van der Waals surface area contributed by atoms with Crippen LogP contribution in [0.1, 0.15) is 65.7 Å². The van der Waals surface area contributed by atoms with Crippen LogP contribution in [0.15, 0.2) is 23.7 Å². The third-order valence-corrected chi connectivity index (χ3v) is 12.9. The number of rotatable bonds is 6. The maximum atomic E-state index is 7.01. The summed E-state index contributed by atoms with van der Waals surface area (Å²) in [5.41, 5.74) is 1.98. The lowest BCUT2D eigenvalue weighted by Crippen LogP contribution is -2.57. The lowest BCUT2D eigenvalue weighted by atomic mass is 9.45. The van der Waals surface area contributed by atoms with E-state index in [9.17, 15) is 0 Å². The Hall–Kier alpha value is -0.309. The molecule has 4 rings (SSSR count). The van der Waals surface area contributed by atoms with Crippen molar-refractivity contribution in [2.24, 2.45) is 34.5 Å². The van der Waals surface area contributed by atoms with E-state index < -0.39 is 25.0 Å². The first-order chi connectivity index (χ1) is 16.3. The summed E-state index contributed by atoms with van der Waals surface area (Å²) in [7, 11) is -4.96. The highest BCUT2D eigenvalue weighted by atomic mass is 28.4. The van der Waals surface area contributed by atoms with Gasteiger partial charge in [-0.15, -0.1) is 0 Å². The lowest BCUT2D eigenvalue weighted by molar-refractivity contribution is -0.127. The average Bonchev–Trinajstić information content (AvgIpc) is 2.94. The van der Waals surface area contributed by atoms with Gasteiger partial charge in [0.05, 0.1) is 11.9 Å². The molecule has 0 N–H and O–H groups in total. The lowest BCUT2D eigenvalue weighted by Gasteiger charge is -2.61. The van der Waals surface area contributed by atoms with Gasteiger partial charge in [-0.1, -0.05) is 13.8 Å². The van der Waals surface area contributed by atoms with E-state index in [0.29, 0.717) is 16.7 Å². The molecule has 0 saturated heterocycles. The molecule has 4 aliphatic carbocycles. The highest BCUT2D eigenvalue weighted by Crippen LogP contribution is 2.69. The van der Waals surface area contributed by atoms with E-state index >= 15 is 0 Å². The van der Waals surface area contributed by atoms with Crippen LogP contribution in [0.3, 0.4) is 0 Å². The quantitative estimate of drug-likeness (QED) is 0.244. The van der Waals surface area contributed by atoms with Crippen molar-refractivity contribution in [3.05, 3.63) is 23.7 Å². The molecule has 0 radical (unpaired) electrons. The van der Waals surface area contributed by atoms with E-state index in [4.69, 9.17) is 13.3 Å². The monoisotopic (exact) mass is 548 g/mol. The van der Waals surface area contributed by atoms with Crippen LogP contribution in [0, 0.1) is 34.5 Å². The van der Waals surface area contributed by atoms with Gasteiger partial charge in [0.25, 0.3) is 0 Å². The summed E-state index contributed by atoms with van der Waals surface area (Å²) in [6, 6.07) is 0. The minimum Gasteiger partial charge on any atom is -0.549 e. The minimum absolute atomic E-state index is 0.0475. The molecule has 7 atom stereocenters. The average molecular weight is 549 g/mol. The van der Waals surface area contributed by atoms with E-state index in [0.717, 1.165) is 29.9 Å². The highest BCUT2D eigenvalue weighted by Gasteiger charge is 2.64. The van der Waals surface area contributed by atoms with Gasteiger partial charge in [0.1, 0.15) is 5.76 Å². The van der Waals surface area contributed by atoms with Crippen LogP contribution in [0.5, 0.6) is 0 Å². The Morgan fingerprint density at radius 2 is 1.42 bits per heavy atom. The van der Waals surface area contributed by atoms with Gasteiger partial charge in [0.2, 0.25) is 16.6 Å². The molecule has 6 heteroatoms. The molecular weight excluding hydrogens is 493 g/mol. The Kier molecular flexibility index (Phi) is 7.27. The van der Waals surface area contributed by atoms with Crippen LogP contribution in [0.4, 0.5) is 0 Å². The van der Waals surface area contributed by atoms with Crippen molar-refractivity contribution < 1.29 is 13.3 Å². The van der Waals surface area contributed by atoms with Gasteiger partial charge >= 0.3 is 0 Å². The molecule has 0 aromatic rings. The molecule has 3 fully saturated rings. The molecule has 4 aliphatic rings. The van der Waals surface area contributed by atoms with Crippen LogP contribution in [-0.2, 0) is 13.3 Å². The largest absolute Gasteiger partial charge is 0.549 e. The molecular formula is C30H56O3Si3. The fourth-order valence-electron chi connectivity index (χ4n) is 8.65. The smallest absolute Gasteiger partial charge is 0.242 e. The first kappa shape index (κ1) is 28.7. The molecule has 0 aromatic carbocycles. The summed E-state index contributed by atoms with van der Waals surface area (Å²) < 4.78 is 20.1. The topological polar surface area (TPSA) is 27.7 Å². The molecule has 0 amide bonds. The van der Waals surface area contributed by atoms with Crippen molar-refractivity contribution in [1.82, 2.24) is 0 Å². The predicted octanol–water partition coefficient (Wildman–Crippen LogP) is 9.33. The zero-order valence-electron chi connectivity index (χ0n) is 25.6. The van der Waals surface area contributed by atoms with E-state index in [-0.39, 0.29) is 5.60 Å². The number of fused-ring (bicyclic) bond motifs is 5. The van der Waals surface area contributed by atoms with Crippen LogP contribution in [0.2, 0.25) is 58.9 Å². The van der Waals surface area contributed by atoms with Crippen molar-refractivity contribution in [2.75, 3.05) is 0 Å². The summed E-state index contributed by atoms with van der Waals surface area (Å²) in [5.74, 6) is 4.16. The number of allylic oxidation sites excluding steroid dienone is 2. The molecule has 0 aromatic heterocycles. The van der Waals surface area contributed by atoms with E-state index in [1.807, 2.05) is 0 Å². The molecule has 7 unspecified atom stereocenters. The Morgan fingerprint density at radius 1 is 0.778 bits per heavy atom. The van der Waals surface area contributed by atoms with Gasteiger partial charge in [0, 0.05) is 5.57 Å². The minimum atomic E-state index is -1.70. The summed E-state index contributed by atoms with van der Waals surface area (Å²) in [4.78, 5) is 0. The van der Waals surface area contributed by atoms with Gasteiger partial charge in [0.15, 0.2) is 8.32 Å².